The van der Waals surface area contributed by atoms with E-state index in [4.69, 9.17) is 0 Å². The van der Waals surface area contributed by atoms with Crippen molar-refractivity contribution in [2.75, 3.05) is 11.9 Å². The number of benzene rings is 2. The van der Waals surface area contributed by atoms with Crippen LogP contribution in [0.4, 0.5) is 5.69 Å². The third-order valence-corrected chi connectivity index (χ3v) is 4.43. The van der Waals surface area contributed by atoms with Crippen molar-refractivity contribution in [2.24, 2.45) is 0 Å². The molecule has 0 radical (unpaired) electrons. The predicted octanol–water partition coefficient (Wildman–Crippen LogP) is 1.83. The summed E-state index contributed by atoms with van der Waals surface area (Å²) in [6.07, 6.45) is 1.81. The molecule has 8 nitrogen and oxygen atoms in total. The fourth-order valence-corrected chi connectivity index (χ4v) is 2.94. The third-order valence-electron chi connectivity index (χ3n) is 4.43. The average Bonchev–Trinajstić information content (AvgIpc) is 3.22. The molecule has 0 fully saturated rings. The van der Waals surface area contributed by atoms with E-state index in [1.807, 2.05) is 62.4 Å². The van der Waals surface area contributed by atoms with Gasteiger partial charge in [-0.1, -0.05) is 48.5 Å². The minimum absolute atomic E-state index is 0.139. The summed E-state index contributed by atoms with van der Waals surface area (Å²) >= 11 is 0. The van der Waals surface area contributed by atoms with E-state index in [0.717, 1.165) is 22.4 Å². The highest BCUT2D eigenvalue weighted by Gasteiger charge is 2.23. The zero-order valence-corrected chi connectivity index (χ0v) is 15.8. The number of amides is 2. The molecule has 0 aliphatic carbocycles. The van der Waals surface area contributed by atoms with E-state index in [1.165, 1.54) is 11.0 Å². The summed E-state index contributed by atoms with van der Waals surface area (Å²) in [5.41, 5.74) is 3.67. The fraction of sp³-hybridized carbons (Fsp3) is 0.250. The average molecular weight is 378 g/mol. The lowest BCUT2D eigenvalue weighted by Crippen LogP contribution is -2.39. The first kappa shape index (κ1) is 19.2. The van der Waals surface area contributed by atoms with Crippen molar-refractivity contribution < 1.29 is 9.59 Å². The lowest BCUT2D eigenvalue weighted by Gasteiger charge is -2.17. The molecule has 0 saturated heterocycles. The van der Waals surface area contributed by atoms with Crippen LogP contribution in [0.3, 0.4) is 0 Å². The lowest BCUT2D eigenvalue weighted by molar-refractivity contribution is -0.127. The number of aryl methyl sites for hydroxylation is 2. The molecule has 0 saturated carbocycles. The molecule has 28 heavy (non-hydrogen) atoms. The Hall–Kier alpha value is -3.55. The van der Waals surface area contributed by atoms with E-state index in [-0.39, 0.29) is 18.4 Å². The number of nitrogens with one attached hydrogen (secondary N) is 2. The highest BCUT2D eigenvalue weighted by molar-refractivity contribution is 5.96. The zero-order valence-electron chi connectivity index (χ0n) is 15.8. The van der Waals surface area contributed by atoms with Crippen LogP contribution in [0.1, 0.15) is 22.7 Å². The van der Waals surface area contributed by atoms with E-state index in [2.05, 4.69) is 26.2 Å². The van der Waals surface area contributed by atoms with Crippen molar-refractivity contribution in [1.29, 1.82) is 0 Å². The number of tetrazole rings is 1. The maximum atomic E-state index is 12.7. The van der Waals surface area contributed by atoms with Gasteiger partial charge in [-0.05, 0) is 41.0 Å². The maximum Gasteiger partial charge on any atom is 0.245 e. The Morgan fingerprint density at radius 1 is 1.04 bits per heavy atom. The lowest BCUT2D eigenvalue weighted by atomic mass is 10.1. The second kappa shape index (κ2) is 8.90. The van der Waals surface area contributed by atoms with Crippen LogP contribution in [0, 0.1) is 13.8 Å². The summed E-state index contributed by atoms with van der Waals surface area (Å²) in [5, 5.41) is 16.6. The molecule has 1 heterocycles. The molecule has 2 N–H and O–H groups in total. The maximum absolute atomic E-state index is 12.7. The first-order valence-corrected chi connectivity index (χ1v) is 8.95. The van der Waals surface area contributed by atoms with Crippen LogP contribution in [0.5, 0.6) is 0 Å². The van der Waals surface area contributed by atoms with E-state index >= 15 is 0 Å². The molecule has 3 rings (SSSR count). The Morgan fingerprint density at radius 2 is 1.75 bits per heavy atom. The minimum atomic E-state index is -0.648. The summed E-state index contributed by atoms with van der Waals surface area (Å²) in [7, 11) is 0. The monoisotopic (exact) mass is 378 g/mol. The molecule has 1 aromatic heterocycles. The Kier molecular flexibility index (Phi) is 6.11. The second-order valence-corrected chi connectivity index (χ2v) is 6.53. The van der Waals surface area contributed by atoms with Crippen LogP contribution in [0.15, 0.2) is 54.9 Å². The number of nitrogens with zero attached hydrogens (tertiary/aromatic N) is 4. The highest BCUT2D eigenvalue weighted by Crippen LogP contribution is 2.19. The quantitative estimate of drug-likeness (QED) is 0.653. The molecule has 0 aliphatic rings. The molecule has 2 amide bonds. The van der Waals surface area contributed by atoms with Crippen LogP contribution < -0.4 is 10.6 Å². The largest absolute Gasteiger partial charge is 0.345 e. The van der Waals surface area contributed by atoms with Gasteiger partial charge < -0.3 is 10.6 Å². The topological polar surface area (TPSA) is 102 Å². The molecule has 0 aliphatic heterocycles. The SMILES string of the molecule is Cc1cccc(C)c1NC(=O)CNC(=O)C(Cc1ccccc1)n1cnnn1. The molecule has 144 valence electrons. The van der Waals surface area contributed by atoms with Gasteiger partial charge in [0.15, 0.2) is 0 Å². The number of anilines is 1. The Bertz CT molecular complexity index is 920. The number of carbonyl (C=O) groups excluding carboxylic acids is 2. The van der Waals surface area contributed by atoms with E-state index in [1.54, 1.807) is 0 Å². The van der Waals surface area contributed by atoms with Gasteiger partial charge >= 0.3 is 0 Å². The molecule has 2 aromatic carbocycles. The van der Waals surface area contributed by atoms with Gasteiger partial charge in [0, 0.05) is 12.1 Å². The summed E-state index contributed by atoms with van der Waals surface area (Å²) in [4.78, 5) is 25.0. The fourth-order valence-electron chi connectivity index (χ4n) is 2.94. The van der Waals surface area contributed by atoms with Crippen LogP contribution >= 0.6 is 0 Å². The molecule has 0 spiro atoms. The molecule has 8 heteroatoms. The van der Waals surface area contributed by atoms with Crippen LogP contribution in [0.25, 0.3) is 0 Å². The van der Waals surface area contributed by atoms with Crippen molar-refractivity contribution in [1.82, 2.24) is 25.5 Å². The molecular weight excluding hydrogens is 356 g/mol. The molecule has 0 bridgehead atoms. The summed E-state index contributed by atoms with van der Waals surface area (Å²) < 4.78 is 1.39. The highest BCUT2D eigenvalue weighted by atomic mass is 16.2. The molecule has 1 atom stereocenters. The molecular formula is C20H22N6O2. The van der Waals surface area contributed by atoms with E-state index in [9.17, 15) is 9.59 Å². The normalized spacial score (nSPS) is 11.6. The number of aromatic nitrogens is 4. The zero-order chi connectivity index (χ0) is 19.9. The predicted molar refractivity (Wildman–Crippen MR) is 105 cm³/mol. The van der Waals surface area contributed by atoms with Crippen LogP contribution in [-0.4, -0.2) is 38.6 Å². The minimum Gasteiger partial charge on any atom is -0.345 e. The first-order valence-electron chi connectivity index (χ1n) is 8.95. The van der Waals surface area contributed by atoms with Gasteiger partial charge in [-0.25, -0.2) is 4.68 Å². The van der Waals surface area contributed by atoms with Crippen LogP contribution in [-0.2, 0) is 16.0 Å². The van der Waals surface area contributed by atoms with E-state index < -0.39 is 6.04 Å². The van der Waals surface area contributed by atoms with Crippen molar-refractivity contribution in [3.05, 3.63) is 71.5 Å². The van der Waals surface area contributed by atoms with Crippen molar-refractivity contribution in [2.45, 2.75) is 26.3 Å². The van der Waals surface area contributed by atoms with Crippen molar-refractivity contribution in [3.63, 3.8) is 0 Å². The van der Waals surface area contributed by atoms with Gasteiger partial charge in [-0.15, -0.1) is 5.10 Å². The van der Waals surface area contributed by atoms with Gasteiger partial charge in [0.1, 0.15) is 12.4 Å². The number of rotatable bonds is 7. The van der Waals surface area contributed by atoms with E-state index in [0.29, 0.717) is 6.42 Å². The van der Waals surface area contributed by atoms with Crippen LogP contribution in [0.2, 0.25) is 0 Å². The number of hydrogen-bond acceptors (Lipinski definition) is 5. The van der Waals surface area contributed by atoms with Gasteiger partial charge in [0.2, 0.25) is 11.8 Å². The van der Waals surface area contributed by atoms with Gasteiger partial charge in [-0.2, -0.15) is 0 Å². The smallest absolute Gasteiger partial charge is 0.245 e. The number of para-hydroxylation sites is 1. The molecule has 3 aromatic rings. The van der Waals surface area contributed by atoms with Gasteiger partial charge in [0.25, 0.3) is 0 Å². The Labute approximate surface area is 163 Å². The first-order chi connectivity index (χ1) is 13.5. The van der Waals surface area contributed by atoms with Gasteiger partial charge in [-0.3, -0.25) is 9.59 Å². The number of hydrogen-bond donors (Lipinski definition) is 2. The molecule has 1 unspecified atom stereocenters. The summed E-state index contributed by atoms with van der Waals surface area (Å²) in [6.45, 7) is 3.71. The second-order valence-electron chi connectivity index (χ2n) is 6.53. The third kappa shape index (κ3) is 4.79. The number of carbonyl (C=O) groups is 2. The Balaban J connectivity index is 1.64. The van der Waals surface area contributed by atoms with Crippen molar-refractivity contribution in [3.8, 4) is 0 Å². The summed E-state index contributed by atoms with van der Waals surface area (Å²) in [6, 6.07) is 14.7. The summed E-state index contributed by atoms with van der Waals surface area (Å²) in [5.74, 6) is -0.617. The Morgan fingerprint density at radius 3 is 2.39 bits per heavy atom. The standard InChI is InChI=1S/C20H22N6O2/c1-14-7-6-8-15(2)19(14)23-18(27)12-21-20(28)17(26-13-22-24-25-26)11-16-9-4-3-5-10-16/h3-10,13,17H,11-12H2,1-2H3,(H,21,28)(H,23,27). The van der Waals surface area contributed by atoms with Gasteiger partial charge in [0.05, 0.1) is 6.54 Å². The van der Waals surface area contributed by atoms with Crippen molar-refractivity contribution >= 4 is 17.5 Å².